The zero-order valence-electron chi connectivity index (χ0n) is 13.9. The number of benzene rings is 2. The Morgan fingerprint density at radius 1 is 1.14 bits per heavy atom. The van der Waals surface area contributed by atoms with Gasteiger partial charge in [0, 0.05) is 22.2 Å². The van der Waals surface area contributed by atoms with E-state index >= 15 is 0 Å². The molecule has 0 aliphatic carbocycles. The molecule has 0 aliphatic heterocycles. The molecule has 2 amide bonds. The first kappa shape index (κ1) is 21.7. The van der Waals surface area contributed by atoms with E-state index < -0.39 is 16.7 Å². The number of nitrogens with one attached hydrogen (secondary N) is 3. The molecule has 146 valence electrons. The molecule has 0 fully saturated rings. The fraction of sp³-hybridized carbons (Fsp3) is 0.0625. The van der Waals surface area contributed by atoms with Gasteiger partial charge in [-0.15, -0.1) is 0 Å². The standard InChI is InChI=1S/C16H12Br2N4O5S/c17-10-4-5-13(12(18)7-10)27-8-14(23)19-16(28)21-20-15(24)9-2-1-3-11(6-9)22(25)26/h1-7H,8H2,(H,20,24)(H2,19,21,23,28). The predicted octanol–water partition coefficient (Wildman–Crippen LogP) is 2.83. The lowest BCUT2D eigenvalue weighted by Gasteiger charge is -2.12. The average Bonchev–Trinajstić information content (AvgIpc) is 2.65. The molecule has 2 aromatic carbocycles. The topological polar surface area (TPSA) is 123 Å². The minimum atomic E-state index is -0.657. The van der Waals surface area contributed by atoms with Crippen molar-refractivity contribution >= 4 is 66.7 Å². The first-order valence-corrected chi connectivity index (χ1v) is 9.48. The molecule has 28 heavy (non-hydrogen) atoms. The van der Waals surface area contributed by atoms with Crippen LogP contribution in [0.3, 0.4) is 0 Å². The molecule has 0 aromatic heterocycles. The quantitative estimate of drug-likeness (QED) is 0.308. The Hall–Kier alpha value is -2.57. The van der Waals surface area contributed by atoms with Crippen LogP contribution in [-0.2, 0) is 4.79 Å². The lowest BCUT2D eigenvalue weighted by atomic mass is 10.2. The number of hydrogen-bond acceptors (Lipinski definition) is 6. The van der Waals surface area contributed by atoms with Gasteiger partial charge in [0.15, 0.2) is 11.7 Å². The minimum Gasteiger partial charge on any atom is -0.483 e. The number of carbonyl (C=O) groups excluding carboxylic acids is 2. The second kappa shape index (κ2) is 10.1. The summed E-state index contributed by atoms with van der Waals surface area (Å²) in [6, 6.07) is 10.4. The molecule has 0 saturated heterocycles. The predicted molar refractivity (Wildman–Crippen MR) is 112 cm³/mol. The van der Waals surface area contributed by atoms with Gasteiger partial charge in [0.05, 0.1) is 9.40 Å². The third-order valence-electron chi connectivity index (χ3n) is 3.11. The smallest absolute Gasteiger partial charge is 0.270 e. The highest BCUT2D eigenvalue weighted by Crippen LogP contribution is 2.28. The maximum absolute atomic E-state index is 12.0. The van der Waals surface area contributed by atoms with Gasteiger partial charge in [0.25, 0.3) is 17.5 Å². The van der Waals surface area contributed by atoms with Gasteiger partial charge in [-0.05, 0) is 52.4 Å². The number of hydrogen-bond donors (Lipinski definition) is 3. The molecule has 0 atom stereocenters. The van der Waals surface area contributed by atoms with Crippen molar-refractivity contribution < 1.29 is 19.2 Å². The van der Waals surface area contributed by atoms with Crippen molar-refractivity contribution in [2.24, 2.45) is 0 Å². The van der Waals surface area contributed by atoms with Gasteiger partial charge in [0.2, 0.25) is 0 Å². The van der Waals surface area contributed by atoms with Crippen LogP contribution in [-0.4, -0.2) is 28.5 Å². The van der Waals surface area contributed by atoms with Crippen LogP contribution < -0.4 is 20.9 Å². The monoisotopic (exact) mass is 530 g/mol. The second-order valence-corrected chi connectivity index (χ2v) is 7.31. The van der Waals surface area contributed by atoms with Crippen LogP contribution in [0.2, 0.25) is 0 Å². The number of rotatable bonds is 5. The van der Waals surface area contributed by atoms with Gasteiger partial charge < -0.3 is 4.74 Å². The molecule has 2 aromatic rings. The van der Waals surface area contributed by atoms with Gasteiger partial charge >= 0.3 is 0 Å². The molecule has 0 unspecified atom stereocenters. The van der Waals surface area contributed by atoms with Gasteiger partial charge in [-0.1, -0.05) is 22.0 Å². The van der Waals surface area contributed by atoms with Crippen molar-refractivity contribution in [1.82, 2.24) is 16.2 Å². The Balaban J connectivity index is 1.80. The van der Waals surface area contributed by atoms with E-state index in [-0.39, 0.29) is 23.0 Å². The van der Waals surface area contributed by atoms with E-state index in [1.54, 1.807) is 18.2 Å². The molecule has 3 N–H and O–H groups in total. The van der Waals surface area contributed by atoms with Crippen molar-refractivity contribution in [3.05, 3.63) is 67.1 Å². The molecular weight excluding hydrogens is 520 g/mol. The highest BCUT2D eigenvalue weighted by Gasteiger charge is 2.12. The summed E-state index contributed by atoms with van der Waals surface area (Å²) in [5.74, 6) is -0.733. The van der Waals surface area contributed by atoms with Crippen molar-refractivity contribution in [3.8, 4) is 5.75 Å². The van der Waals surface area contributed by atoms with Crippen LogP contribution >= 0.6 is 44.1 Å². The second-order valence-electron chi connectivity index (χ2n) is 5.13. The number of carbonyl (C=O) groups is 2. The average molecular weight is 532 g/mol. The summed E-state index contributed by atoms with van der Waals surface area (Å²) in [4.78, 5) is 34.0. The zero-order chi connectivity index (χ0) is 20.7. The molecule has 9 nitrogen and oxygen atoms in total. The number of nitrogens with zero attached hydrogens (tertiary/aromatic N) is 1. The van der Waals surface area contributed by atoms with Crippen LogP contribution in [0.15, 0.2) is 51.4 Å². The molecule has 0 bridgehead atoms. The first-order chi connectivity index (χ1) is 13.3. The summed E-state index contributed by atoms with van der Waals surface area (Å²) in [6.45, 7) is -0.305. The molecular formula is C16H12Br2N4O5S. The van der Waals surface area contributed by atoms with E-state index in [1.807, 2.05) is 0 Å². The SMILES string of the molecule is O=C(COc1ccc(Br)cc1Br)NC(=S)NNC(=O)c1cccc([N+](=O)[O-])c1. The van der Waals surface area contributed by atoms with Crippen LogP contribution in [0.25, 0.3) is 0 Å². The van der Waals surface area contributed by atoms with Gasteiger partial charge in [0.1, 0.15) is 5.75 Å². The summed E-state index contributed by atoms with van der Waals surface area (Å²) in [6.07, 6.45) is 0. The zero-order valence-corrected chi connectivity index (χ0v) is 17.9. The van der Waals surface area contributed by atoms with Gasteiger partial charge in [-0.3, -0.25) is 35.9 Å². The number of ether oxygens (including phenoxy) is 1. The lowest BCUT2D eigenvalue weighted by molar-refractivity contribution is -0.384. The molecule has 0 spiro atoms. The Kier molecular flexibility index (Phi) is 7.84. The lowest BCUT2D eigenvalue weighted by Crippen LogP contribution is -2.49. The van der Waals surface area contributed by atoms with E-state index in [0.717, 1.165) is 10.5 Å². The fourth-order valence-corrected chi connectivity index (χ4v) is 3.20. The van der Waals surface area contributed by atoms with Gasteiger partial charge in [-0.25, -0.2) is 0 Å². The van der Waals surface area contributed by atoms with E-state index in [2.05, 4.69) is 48.0 Å². The Morgan fingerprint density at radius 3 is 2.57 bits per heavy atom. The number of nitro benzene ring substituents is 1. The van der Waals surface area contributed by atoms with Crippen molar-refractivity contribution in [1.29, 1.82) is 0 Å². The molecule has 0 aliphatic rings. The van der Waals surface area contributed by atoms with Crippen LogP contribution in [0.1, 0.15) is 10.4 Å². The summed E-state index contributed by atoms with van der Waals surface area (Å²) < 4.78 is 6.88. The number of non-ortho nitro benzene ring substituents is 1. The number of thiocarbonyl (C=S) groups is 1. The third kappa shape index (κ3) is 6.55. The van der Waals surface area contributed by atoms with E-state index in [4.69, 9.17) is 17.0 Å². The fourth-order valence-electron chi connectivity index (χ4n) is 1.88. The Labute approximate surface area is 181 Å². The van der Waals surface area contributed by atoms with E-state index in [0.29, 0.717) is 10.2 Å². The highest BCUT2D eigenvalue weighted by molar-refractivity contribution is 9.11. The first-order valence-electron chi connectivity index (χ1n) is 7.48. The molecule has 2 rings (SSSR count). The summed E-state index contributed by atoms with van der Waals surface area (Å²) in [5.41, 5.74) is 4.41. The Bertz CT molecular complexity index is 941. The van der Waals surface area contributed by atoms with E-state index in [1.165, 1.54) is 18.2 Å². The highest BCUT2D eigenvalue weighted by atomic mass is 79.9. The number of hydrazine groups is 1. The molecule has 0 heterocycles. The summed E-state index contributed by atoms with van der Waals surface area (Å²) >= 11 is 11.5. The minimum absolute atomic E-state index is 0.0549. The molecule has 0 saturated carbocycles. The maximum Gasteiger partial charge on any atom is 0.270 e. The molecule has 0 radical (unpaired) electrons. The number of nitro groups is 1. The van der Waals surface area contributed by atoms with Gasteiger partial charge in [-0.2, -0.15) is 0 Å². The number of halogens is 2. The van der Waals surface area contributed by atoms with Crippen LogP contribution in [0.4, 0.5) is 5.69 Å². The molecule has 12 heteroatoms. The largest absolute Gasteiger partial charge is 0.483 e. The normalized spacial score (nSPS) is 9.93. The van der Waals surface area contributed by atoms with Crippen molar-refractivity contribution in [3.63, 3.8) is 0 Å². The summed E-state index contributed by atoms with van der Waals surface area (Å²) in [5, 5.41) is 12.9. The number of amides is 2. The van der Waals surface area contributed by atoms with Crippen molar-refractivity contribution in [2.75, 3.05) is 6.61 Å². The third-order valence-corrected chi connectivity index (χ3v) is 4.43. The van der Waals surface area contributed by atoms with Crippen LogP contribution in [0.5, 0.6) is 5.75 Å². The maximum atomic E-state index is 12.0. The van der Waals surface area contributed by atoms with E-state index in [9.17, 15) is 19.7 Å². The summed E-state index contributed by atoms with van der Waals surface area (Å²) in [7, 11) is 0. The van der Waals surface area contributed by atoms with Crippen LogP contribution in [0, 0.1) is 10.1 Å². The van der Waals surface area contributed by atoms with Crippen molar-refractivity contribution in [2.45, 2.75) is 0 Å². The Morgan fingerprint density at radius 2 is 1.89 bits per heavy atom.